The lowest BCUT2D eigenvalue weighted by Gasteiger charge is -2.07. The number of imidazole rings is 1. The van der Waals surface area contributed by atoms with Gasteiger partial charge in [-0.3, -0.25) is 9.55 Å². The highest BCUT2D eigenvalue weighted by atomic mass is 16.5. The maximum absolute atomic E-state index is 6.02. The Balaban J connectivity index is 1.95. The fraction of sp³-hybridized carbons (Fsp3) is 0.333. The van der Waals surface area contributed by atoms with Crippen molar-refractivity contribution in [1.82, 2.24) is 19.5 Å². The quantitative estimate of drug-likeness (QED) is 0.682. The summed E-state index contributed by atoms with van der Waals surface area (Å²) >= 11 is 0. The third-order valence-corrected chi connectivity index (χ3v) is 3.41. The van der Waals surface area contributed by atoms with Crippen LogP contribution >= 0.6 is 0 Å². The molecule has 110 valence electrons. The van der Waals surface area contributed by atoms with Gasteiger partial charge in [-0.05, 0) is 24.6 Å². The van der Waals surface area contributed by atoms with Crippen molar-refractivity contribution < 1.29 is 4.74 Å². The van der Waals surface area contributed by atoms with Crippen molar-refractivity contribution in [3.05, 3.63) is 30.6 Å². The molecule has 0 amide bonds. The normalized spacial score (nSPS) is 11.3. The second kappa shape index (κ2) is 5.97. The molecule has 0 saturated carbocycles. The van der Waals surface area contributed by atoms with Crippen LogP contribution in [0.25, 0.3) is 22.4 Å². The molecule has 0 saturated heterocycles. The second-order valence-electron chi connectivity index (χ2n) is 4.90. The number of nitrogens with zero attached hydrogens (tertiary/aromatic N) is 3. The van der Waals surface area contributed by atoms with Crippen molar-refractivity contribution in [2.75, 3.05) is 12.3 Å². The van der Waals surface area contributed by atoms with E-state index in [1.165, 1.54) is 0 Å². The lowest BCUT2D eigenvalue weighted by atomic mass is 10.2. The Kier molecular flexibility index (Phi) is 3.87. The molecule has 21 heavy (non-hydrogen) atoms. The Bertz CT molecular complexity index is 717. The largest absolute Gasteiger partial charge is 0.369 e. The minimum Gasteiger partial charge on any atom is -0.369 e. The first-order chi connectivity index (χ1) is 10.3. The van der Waals surface area contributed by atoms with Crippen LogP contribution in [0.15, 0.2) is 30.6 Å². The van der Waals surface area contributed by atoms with Crippen LogP contribution in [-0.2, 0) is 11.5 Å². The van der Waals surface area contributed by atoms with E-state index in [0.29, 0.717) is 12.7 Å². The summed E-state index contributed by atoms with van der Waals surface area (Å²) in [5.74, 6) is 0.447. The van der Waals surface area contributed by atoms with Crippen molar-refractivity contribution in [2.24, 2.45) is 0 Å². The van der Waals surface area contributed by atoms with E-state index in [9.17, 15) is 0 Å². The number of unbranched alkanes of at least 4 members (excludes halogenated alkanes) is 1. The molecule has 3 heterocycles. The van der Waals surface area contributed by atoms with Crippen LogP contribution in [0.2, 0.25) is 0 Å². The summed E-state index contributed by atoms with van der Waals surface area (Å²) in [5, 5.41) is 0. The van der Waals surface area contributed by atoms with Gasteiger partial charge in [-0.15, -0.1) is 0 Å². The second-order valence-corrected chi connectivity index (χ2v) is 4.90. The minimum atomic E-state index is 0.413. The SMILES string of the molecule is CCCCOCn1c(N)nc2c(-c3ccc[nH]3)nccc21. The van der Waals surface area contributed by atoms with Crippen molar-refractivity contribution >= 4 is 17.0 Å². The van der Waals surface area contributed by atoms with E-state index in [0.717, 1.165) is 41.9 Å². The molecule has 0 unspecified atom stereocenters. The van der Waals surface area contributed by atoms with E-state index < -0.39 is 0 Å². The molecular weight excluding hydrogens is 266 g/mol. The molecule has 0 bridgehead atoms. The molecule has 6 nitrogen and oxygen atoms in total. The molecule has 0 radical (unpaired) electrons. The minimum absolute atomic E-state index is 0.413. The summed E-state index contributed by atoms with van der Waals surface area (Å²) in [6.45, 7) is 3.28. The first-order valence-corrected chi connectivity index (χ1v) is 7.13. The zero-order valence-corrected chi connectivity index (χ0v) is 12.0. The standard InChI is InChI=1S/C15H19N5O/c1-2-3-9-21-10-20-12-6-8-18-13(11-5-4-7-17-11)14(12)19-15(20)16/h4-8,17H,2-3,9-10H2,1H3,(H2,16,19). The van der Waals surface area contributed by atoms with Gasteiger partial charge in [-0.2, -0.15) is 0 Å². The van der Waals surface area contributed by atoms with Crippen LogP contribution in [0, 0.1) is 0 Å². The number of nitrogen functional groups attached to an aromatic ring is 1. The van der Waals surface area contributed by atoms with Crippen molar-refractivity contribution in [3.63, 3.8) is 0 Å². The van der Waals surface area contributed by atoms with E-state index in [4.69, 9.17) is 10.5 Å². The molecule has 3 aromatic rings. The number of H-pyrrole nitrogens is 1. The number of nitrogens with one attached hydrogen (secondary N) is 1. The highest BCUT2D eigenvalue weighted by molar-refractivity contribution is 5.90. The maximum Gasteiger partial charge on any atom is 0.203 e. The maximum atomic E-state index is 6.02. The summed E-state index contributed by atoms with van der Waals surface area (Å²) in [7, 11) is 0. The van der Waals surface area contributed by atoms with Gasteiger partial charge in [0, 0.05) is 19.0 Å². The van der Waals surface area contributed by atoms with E-state index in [-0.39, 0.29) is 0 Å². The molecule has 0 spiro atoms. The summed E-state index contributed by atoms with van der Waals surface area (Å²) in [4.78, 5) is 12.0. The highest BCUT2D eigenvalue weighted by Crippen LogP contribution is 2.26. The van der Waals surface area contributed by atoms with Gasteiger partial charge in [0.25, 0.3) is 0 Å². The average Bonchev–Trinajstić information content (AvgIpc) is 3.11. The van der Waals surface area contributed by atoms with Crippen LogP contribution in [0.1, 0.15) is 19.8 Å². The number of aromatic amines is 1. The number of ether oxygens (including phenoxy) is 1. The lowest BCUT2D eigenvalue weighted by Crippen LogP contribution is -2.07. The number of fused-ring (bicyclic) bond motifs is 1. The summed E-state index contributed by atoms with van der Waals surface area (Å²) in [6.07, 6.45) is 5.79. The van der Waals surface area contributed by atoms with Crippen LogP contribution in [0.3, 0.4) is 0 Å². The number of aromatic nitrogens is 4. The molecule has 3 aromatic heterocycles. The molecule has 0 fully saturated rings. The van der Waals surface area contributed by atoms with E-state index >= 15 is 0 Å². The molecule has 3 rings (SSSR count). The van der Waals surface area contributed by atoms with Gasteiger partial charge in [0.15, 0.2) is 0 Å². The van der Waals surface area contributed by atoms with E-state index in [2.05, 4.69) is 21.9 Å². The zero-order valence-electron chi connectivity index (χ0n) is 12.0. The van der Waals surface area contributed by atoms with Crippen molar-refractivity contribution in [1.29, 1.82) is 0 Å². The van der Waals surface area contributed by atoms with Crippen molar-refractivity contribution in [2.45, 2.75) is 26.5 Å². The lowest BCUT2D eigenvalue weighted by molar-refractivity contribution is 0.0787. The first-order valence-electron chi connectivity index (χ1n) is 7.13. The molecule has 0 atom stereocenters. The third kappa shape index (κ3) is 2.62. The molecule has 0 aliphatic carbocycles. The smallest absolute Gasteiger partial charge is 0.203 e. The van der Waals surface area contributed by atoms with Gasteiger partial charge in [-0.1, -0.05) is 13.3 Å². The number of anilines is 1. The molecular formula is C15H19N5O. The fourth-order valence-corrected chi connectivity index (χ4v) is 2.28. The Morgan fingerprint density at radius 1 is 1.38 bits per heavy atom. The van der Waals surface area contributed by atoms with E-state index in [1.807, 2.05) is 29.0 Å². The zero-order chi connectivity index (χ0) is 14.7. The molecule has 3 N–H and O–H groups in total. The van der Waals surface area contributed by atoms with Gasteiger partial charge in [0.2, 0.25) is 5.95 Å². The monoisotopic (exact) mass is 285 g/mol. The van der Waals surface area contributed by atoms with Crippen LogP contribution in [0.5, 0.6) is 0 Å². The third-order valence-electron chi connectivity index (χ3n) is 3.41. The molecule has 6 heteroatoms. The predicted octanol–water partition coefficient (Wildman–Crippen LogP) is 2.78. The number of pyridine rings is 1. The van der Waals surface area contributed by atoms with Gasteiger partial charge in [0.1, 0.15) is 17.9 Å². The average molecular weight is 285 g/mol. The summed E-state index contributed by atoms with van der Waals surface area (Å²) < 4.78 is 7.53. The van der Waals surface area contributed by atoms with E-state index in [1.54, 1.807) is 6.20 Å². The molecule has 0 aromatic carbocycles. The van der Waals surface area contributed by atoms with Gasteiger partial charge >= 0.3 is 0 Å². The predicted molar refractivity (Wildman–Crippen MR) is 82.6 cm³/mol. The number of rotatable bonds is 6. The first kappa shape index (κ1) is 13.6. The van der Waals surface area contributed by atoms with Crippen LogP contribution in [-0.4, -0.2) is 26.1 Å². The number of nitrogens with two attached hydrogens (primary N) is 1. The van der Waals surface area contributed by atoms with Crippen LogP contribution < -0.4 is 5.73 Å². The van der Waals surface area contributed by atoms with Gasteiger partial charge in [-0.25, -0.2) is 4.98 Å². The summed E-state index contributed by atoms with van der Waals surface area (Å²) in [6, 6.07) is 5.81. The number of hydrogen-bond donors (Lipinski definition) is 2. The van der Waals surface area contributed by atoms with Gasteiger partial charge in [0.05, 0.1) is 11.2 Å². The Labute approximate surface area is 123 Å². The molecule has 0 aliphatic heterocycles. The summed E-state index contributed by atoms with van der Waals surface area (Å²) in [5.41, 5.74) is 9.48. The Morgan fingerprint density at radius 2 is 2.29 bits per heavy atom. The number of hydrogen-bond acceptors (Lipinski definition) is 4. The highest BCUT2D eigenvalue weighted by Gasteiger charge is 2.14. The van der Waals surface area contributed by atoms with Crippen LogP contribution in [0.4, 0.5) is 5.95 Å². The topological polar surface area (TPSA) is 81.8 Å². The Hall–Kier alpha value is -2.34. The van der Waals surface area contributed by atoms with Crippen molar-refractivity contribution in [3.8, 4) is 11.4 Å². The Morgan fingerprint density at radius 3 is 3.05 bits per heavy atom. The van der Waals surface area contributed by atoms with Gasteiger partial charge < -0.3 is 15.5 Å². The fourth-order valence-electron chi connectivity index (χ4n) is 2.28. The molecule has 0 aliphatic rings.